The van der Waals surface area contributed by atoms with Gasteiger partial charge in [0, 0.05) is 6.42 Å². The van der Waals surface area contributed by atoms with Gasteiger partial charge in [0.25, 0.3) is 0 Å². The predicted octanol–water partition coefficient (Wildman–Crippen LogP) is 0.634. The van der Waals surface area contributed by atoms with Crippen molar-refractivity contribution in [3.05, 3.63) is 5.01 Å². The van der Waals surface area contributed by atoms with Crippen molar-refractivity contribution >= 4 is 22.4 Å². The zero-order valence-electron chi connectivity index (χ0n) is 8.28. The molecule has 0 saturated carbocycles. The zero-order valence-corrected chi connectivity index (χ0v) is 9.10. The summed E-state index contributed by atoms with van der Waals surface area (Å²) in [7, 11) is 0. The monoisotopic (exact) mass is 214 g/mol. The Kier molecular flexibility index (Phi) is 3.97. The van der Waals surface area contributed by atoms with Crippen LogP contribution in [0.2, 0.25) is 0 Å². The van der Waals surface area contributed by atoms with E-state index in [2.05, 4.69) is 29.4 Å². The standard InChI is InChI=1S/C8H14N4OS/c1-5(2)3-7-11-12-8(14-7)10-6(13)4-9/h5H,3-4,9H2,1-2H3,(H,10,12,13). The molecule has 3 N–H and O–H groups in total. The fraction of sp³-hybridized carbons (Fsp3) is 0.625. The molecule has 1 aromatic rings. The SMILES string of the molecule is CC(C)Cc1nnc(NC(=O)CN)s1. The molecular formula is C8H14N4OS. The molecule has 5 nitrogen and oxygen atoms in total. The topological polar surface area (TPSA) is 80.9 Å². The summed E-state index contributed by atoms with van der Waals surface area (Å²) >= 11 is 1.40. The highest BCUT2D eigenvalue weighted by molar-refractivity contribution is 7.15. The van der Waals surface area contributed by atoms with Gasteiger partial charge in [-0.15, -0.1) is 10.2 Å². The molecule has 1 rings (SSSR count). The van der Waals surface area contributed by atoms with Crippen LogP contribution in [0.15, 0.2) is 0 Å². The van der Waals surface area contributed by atoms with Gasteiger partial charge in [0.2, 0.25) is 11.0 Å². The summed E-state index contributed by atoms with van der Waals surface area (Å²) in [6, 6.07) is 0. The van der Waals surface area contributed by atoms with E-state index in [-0.39, 0.29) is 12.5 Å². The molecule has 1 amide bonds. The first kappa shape index (κ1) is 11.1. The minimum absolute atomic E-state index is 0.0287. The summed E-state index contributed by atoms with van der Waals surface area (Å²) in [5.74, 6) is 0.304. The van der Waals surface area contributed by atoms with Crippen molar-refractivity contribution in [1.29, 1.82) is 0 Å². The third-order valence-electron chi connectivity index (χ3n) is 1.48. The first-order valence-electron chi connectivity index (χ1n) is 4.44. The molecule has 0 aliphatic carbocycles. The first-order valence-corrected chi connectivity index (χ1v) is 5.25. The molecule has 0 aliphatic heterocycles. The van der Waals surface area contributed by atoms with E-state index in [1.807, 2.05) is 0 Å². The van der Waals surface area contributed by atoms with Crippen molar-refractivity contribution in [3.8, 4) is 0 Å². The molecule has 1 heterocycles. The number of nitrogens with zero attached hydrogens (tertiary/aromatic N) is 2. The van der Waals surface area contributed by atoms with Gasteiger partial charge in [-0.25, -0.2) is 0 Å². The van der Waals surface area contributed by atoms with E-state index in [1.165, 1.54) is 11.3 Å². The third kappa shape index (κ3) is 3.39. The highest BCUT2D eigenvalue weighted by Gasteiger charge is 2.07. The second-order valence-electron chi connectivity index (χ2n) is 3.35. The number of rotatable bonds is 4. The third-order valence-corrected chi connectivity index (χ3v) is 2.34. The van der Waals surface area contributed by atoms with Crippen LogP contribution in [0.1, 0.15) is 18.9 Å². The van der Waals surface area contributed by atoms with E-state index in [4.69, 9.17) is 5.73 Å². The Hall–Kier alpha value is -1.01. The van der Waals surface area contributed by atoms with Crippen LogP contribution >= 0.6 is 11.3 Å². The molecule has 0 aromatic carbocycles. The van der Waals surface area contributed by atoms with Gasteiger partial charge in [-0.05, 0) is 5.92 Å². The van der Waals surface area contributed by atoms with Gasteiger partial charge in [-0.3, -0.25) is 10.1 Å². The zero-order chi connectivity index (χ0) is 10.6. The number of nitrogens with one attached hydrogen (secondary N) is 1. The average Bonchev–Trinajstić information content (AvgIpc) is 2.51. The van der Waals surface area contributed by atoms with E-state index in [9.17, 15) is 4.79 Å². The van der Waals surface area contributed by atoms with Gasteiger partial charge in [0.1, 0.15) is 5.01 Å². The van der Waals surface area contributed by atoms with Crippen molar-refractivity contribution < 1.29 is 4.79 Å². The van der Waals surface area contributed by atoms with E-state index in [0.717, 1.165) is 11.4 Å². The fourth-order valence-electron chi connectivity index (χ4n) is 0.906. The van der Waals surface area contributed by atoms with E-state index < -0.39 is 0 Å². The number of amides is 1. The van der Waals surface area contributed by atoms with Gasteiger partial charge in [-0.1, -0.05) is 25.2 Å². The Labute approximate surface area is 86.7 Å². The predicted molar refractivity (Wildman–Crippen MR) is 56.1 cm³/mol. The summed E-state index contributed by atoms with van der Waals surface area (Å²) in [4.78, 5) is 10.9. The highest BCUT2D eigenvalue weighted by atomic mass is 32.1. The van der Waals surface area contributed by atoms with Crippen LogP contribution in [0.3, 0.4) is 0 Å². The fourth-order valence-corrected chi connectivity index (χ4v) is 1.87. The molecule has 0 atom stereocenters. The quantitative estimate of drug-likeness (QED) is 0.770. The van der Waals surface area contributed by atoms with Gasteiger partial charge in [0.05, 0.1) is 6.54 Å². The lowest BCUT2D eigenvalue weighted by Crippen LogP contribution is -2.21. The molecule has 0 unspecified atom stereocenters. The summed E-state index contributed by atoms with van der Waals surface area (Å²) in [6.45, 7) is 4.19. The largest absolute Gasteiger partial charge is 0.322 e. The van der Waals surface area contributed by atoms with E-state index in [1.54, 1.807) is 0 Å². The smallest absolute Gasteiger partial charge is 0.239 e. The summed E-state index contributed by atoms with van der Waals surface area (Å²) in [5, 5.41) is 11.8. The maximum absolute atomic E-state index is 10.9. The Morgan fingerprint density at radius 2 is 2.29 bits per heavy atom. The van der Waals surface area contributed by atoms with Crippen LogP contribution in [0.25, 0.3) is 0 Å². The maximum atomic E-state index is 10.9. The lowest BCUT2D eigenvalue weighted by atomic mass is 10.1. The van der Waals surface area contributed by atoms with Crippen LogP contribution < -0.4 is 11.1 Å². The molecule has 6 heteroatoms. The number of anilines is 1. The normalized spacial score (nSPS) is 10.6. The van der Waals surface area contributed by atoms with Crippen LogP contribution in [0, 0.1) is 5.92 Å². The van der Waals surface area contributed by atoms with Gasteiger partial charge >= 0.3 is 0 Å². The molecule has 0 saturated heterocycles. The average molecular weight is 214 g/mol. The van der Waals surface area contributed by atoms with Crippen molar-refractivity contribution in [1.82, 2.24) is 10.2 Å². The molecule has 0 bridgehead atoms. The molecule has 78 valence electrons. The second-order valence-corrected chi connectivity index (χ2v) is 4.41. The summed E-state index contributed by atoms with van der Waals surface area (Å²) in [6.07, 6.45) is 0.885. The Morgan fingerprint density at radius 3 is 2.86 bits per heavy atom. The molecule has 0 spiro atoms. The van der Waals surface area contributed by atoms with Crippen molar-refractivity contribution in [2.24, 2.45) is 11.7 Å². The van der Waals surface area contributed by atoms with Gasteiger partial charge in [-0.2, -0.15) is 0 Å². The molecule has 0 aliphatic rings. The van der Waals surface area contributed by atoms with Gasteiger partial charge < -0.3 is 5.73 Å². The van der Waals surface area contributed by atoms with E-state index >= 15 is 0 Å². The van der Waals surface area contributed by atoms with Crippen molar-refractivity contribution in [3.63, 3.8) is 0 Å². The Bertz CT molecular complexity index is 310. The lowest BCUT2D eigenvalue weighted by molar-refractivity contribution is -0.114. The molecule has 0 radical (unpaired) electrons. The van der Waals surface area contributed by atoms with Crippen LogP contribution in [0.4, 0.5) is 5.13 Å². The molecule has 1 aromatic heterocycles. The number of carbonyl (C=O) groups is 1. The lowest BCUT2D eigenvalue weighted by Gasteiger charge is -1.97. The highest BCUT2D eigenvalue weighted by Crippen LogP contribution is 2.17. The number of nitrogens with two attached hydrogens (primary N) is 1. The van der Waals surface area contributed by atoms with E-state index in [0.29, 0.717) is 11.0 Å². The number of aromatic nitrogens is 2. The molecule has 0 fully saturated rings. The van der Waals surface area contributed by atoms with Gasteiger partial charge in [0.15, 0.2) is 0 Å². The number of hydrogen-bond donors (Lipinski definition) is 2. The van der Waals surface area contributed by atoms with Crippen molar-refractivity contribution in [2.45, 2.75) is 20.3 Å². The summed E-state index contributed by atoms with van der Waals surface area (Å²) in [5.41, 5.74) is 5.15. The van der Waals surface area contributed by atoms with Crippen LogP contribution in [-0.2, 0) is 11.2 Å². The minimum Gasteiger partial charge on any atom is -0.322 e. The number of hydrogen-bond acceptors (Lipinski definition) is 5. The van der Waals surface area contributed by atoms with Crippen LogP contribution in [-0.4, -0.2) is 22.6 Å². The maximum Gasteiger partial charge on any atom is 0.239 e. The molecule has 14 heavy (non-hydrogen) atoms. The Balaban J connectivity index is 2.55. The second kappa shape index (κ2) is 5.02. The first-order chi connectivity index (χ1) is 6.61. The number of carbonyl (C=O) groups excluding carboxylic acids is 1. The summed E-state index contributed by atoms with van der Waals surface area (Å²) < 4.78 is 0. The Morgan fingerprint density at radius 1 is 1.57 bits per heavy atom. The molecular weight excluding hydrogens is 200 g/mol. The van der Waals surface area contributed by atoms with Crippen molar-refractivity contribution in [2.75, 3.05) is 11.9 Å². The van der Waals surface area contributed by atoms with Crippen LogP contribution in [0.5, 0.6) is 0 Å². The minimum atomic E-state index is -0.239.